The summed E-state index contributed by atoms with van der Waals surface area (Å²) in [6.07, 6.45) is 2.78. The maximum atomic E-state index is 14.0. The number of benzene rings is 1. The number of fused-ring (bicyclic) bond motifs is 1. The minimum Gasteiger partial charge on any atom is -0.453 e. The third-order valence-corrected chi connectivity index (χ3v) is 6.89. The number of nitrogens with one attached hydrogen (secondary N) is 1. The van der Waals surface area contributed by atoms with Crippen molar-refractivity contribution in [1.29, 1.82) is 0 Å². The summed E-state index contributed by atoms with van der Waals surface area (Å²) in [6.45, 7) is 5.21. The largest absolute Gasteiger partial charge is 0.453 e. The highest BCUT2D eigenvalue weighted by atomic mass is 19.1. The number of carbonyl (C=O) groups excluding carboxylic acids is 2. The molecule has 4 rings (SSSR count). The van der Waals surface area contributed by atoms with Gasteiger partial charge in [-0.2, -0.15) is 0 Å². The monoisotopic (exact) mass is 374 g/mol. The van der Waals surface area contributed by atoms with Crippen LogP contribution < -0.4 is 5.32 Å². The topological polar surface area (TPSA) is 58.6 Å². The second-order valence-corrected chi connectivity index (χ2v) is 8.84. The highest BCUT2D eigenvalue weighted by Gasteiger charge is 2.59. The smallest absolute Gasteiger partial charge is 0.407 e. The number of hydrogen-bond donors (Lipinski definition) is 1. The lowest BCUT2D eigenvalue weighted by Gasteiger charge is -2.46. The van der Waals surface area contributed by atoms with Crippen molar-refractivity contribution in [2.75, 3.05) is 20.2 Å². The van der Waals surface area contributed by atoms with E-state index in [1.54, 1.807) is 13.0 Å². The molecule has 2 atom stereocenters. The number of rotatable bonds is 3. The fourth-order valence-electron chi connectivity index (χ4n) is 5.08. The summed E-state index contributed by atoms with van der Waals surface area (Å²) in [5, 5.41) is 2.82. The van der Waals surface area contributed by atoms with Gasteiger partial charge in [0.15, 0.2) is 0 Å². The molecule has 1 aromatic carbocycles. The zero-order valence-corrected chi connectivity index (χ0v) is 16.2. The Bertz CT molecular complexity index is 790. The first-order valence-corrected chi connectivity index (χ1v) is 9.68. The van der Waals surface area contributed by atoms with Crippen LogP contribution in [0.2, 0.25) is 0 Å². The van der Waals surface area contributed by atoms with Crippen LogP contribution in [0, 0.1) is 24.6 Å². The zero-order chi connectivity index (χ0) is 19.4. The molecule has 146 valence electrons. The molecule has 2 unspecified atom stereocenters. The highest BCUT2D eigenvalue weighted by Crippen LogP contribution is 2.59. The van der Waals surface area contributed by atoms with Crippen molar-refractivity contribution in [2.45, 2.75) is 50.5 Å². The summed E-state index contributed by atoms with van der Waals surface area (Å²) in [7, 11) is 1.34. The molecule has 5 nitrogen and oxygen atoms in total. The molecule has 1 saturated heterocycles. The van der Waals surface area contributed by atoms with E-state index in [9.17, 15) is 14.0 Å². The lowest BCUT2D eigenvalue weighted by atomic mass is 9.68. The Balaban J connectivity index is 1.34. The van der Waals surface area contributed by atoms with E-state index in [1.807, 2.05) is 24.0 Å². The number of nitrogens with zero attached hydrogens (tertiary/aromatic N) is 1. The summed E-state index contributed by atoms with van der Waals surface area (Å²) in [4.78, 5) is 26.2. The van der Waals surface area contributed by atoms with Crippen molar-refractivity contribution in [3.63, 3.8) is 0 Å². The molecule has 0 radical (unpaired) electrons. The minimum atomic E-state index is -0.450. The van der Waals surface area contributed by atoms with E-state index in [1.165, 1.54) is 7.11 Å². The number of ether oxygens (including phenoxy) is 1. The molecule has 0 bridgehead atoms. The molecule has 1 aromatic rings. The molecule has 2 amide bonds. The SMILES string of the molecule is COC(=O)NC1(C)CC(C(=O)N2CCC3(c4ccc(C)c(F)c4)CC3C2)C1. The quantitative estimate of drug-likeness (QED) is 0.884. The molecule has 1 aliphatic heterocycles. The number of likely N-dealkylation sites (tertiary alicyclic amines) is 1. The molecule has 27 heavy (non-hydrogen) atoms. The Morgan fingerprint density at radius 2 is 2.04 bits per heavy atom. The average molecular weight is 374 g/mol. The maximum Gasteiger partial charge on any atom is 0.407 e. The van der Waals surface area contributed by atoms with Gasteiger partial charge in [0.1, 0.15) is 5.82 Å². The second-order valence-electron chi connectivity index (χ2n) is 8.84. The molecule has 0 spiro atoms. The standard InChI is InChI=1S/C21H27FN2O3/c1-13-4-5-15(8-17(13)22)21-6-7-24(12-16(21)11-21)18(25)14-9-20(2,10-14)23-19(26)27-3/h4-5,8,14,16H,6-7,9-12H2,1-3H3,(H,23,26). The number of methoxy groups -OCH3 is 1. The Kier molecular flexibility index (Phi) is 4.20. The van der Waals surface area contributed by atoms with Crippen LogP contribution in [0.4, 0.5) is 9.18 Å². The van der Waals surface area contributed by atoms with Gasteiger partial charge < -0.3 is 15.0 Å². The van der Waals surface area contributed by atoms with Crippen molar-refractivity contribution in [2.24, 2.45) is 11.8 Å². The lowest BCUT2D eigenvalue weighted by Crippen LogP contribution is -2.59. The van der Waals surface area contributed by atoms with E-state index >= 15 is 0 Å². The first-order chi connectivity index (χ1) is 12.8. The van der Waals surface area contributed by atoms with Crippen LogP contribution in [-0.4, -0.2) is 42.6 Å². The van der Waals surface area contributed by atoms with Crippen LogP contribution in [0.15, 0.2) is 18.2 Å². The first-order valence-electron chi connectivity index (χ1n) is 9.68. The predicted octanol–water partition coefficient (Wildman–Crippen LogP) is 3.15. The Hall–Kier alpha value is -2.11. The molecule has 3 aliphatic rings. The van der Waals surface area contributed by atoms with Gasteiger partial charge in [0, 0.05) is 30.0 Å². The van der Waals surface area contributed by atoms with Crippen LogP contribution >= 0.6 is 0 Å². The number of piperidine rings is 1. The van der Waals surface area contributed by atoms with Crippen molar-refractivity contribution >= 4 is 12.0 Å². The summed E-state index contributed by atoms with van der Waals surface area (Å²) >= 11 is 0. The summed E-state index contributed by atoms with van der Waals surface area (Å²) in [5.74, 6) is 0.444. The summed E-state index contributed by atoms with van der Waals surface area (Å²) < 4.78 is 18.6. The molecular weight excluding hydrogens is 347 g/mol. The molecule has 6 heteroatoms. The van der Waals surface area contributed by atoms with Gasteiger partial charge in [-0.05, 0) is 62.6 Å². The number of hydrogen-bond acceptors (Lipinski definition) is 3. The fraction of sp³-hybridized carbons (Fsp3) is 0.619. The predicted molar refractivity (Wildman–Crippen MR) is 98.8 cm³/mol. The number of aryl methyl sites for hydroxylation is 1. The minimum absolute atomic E-state index is 0.0322. The van der Waals surface area contributed by atoms with Crippen molar-refractivity contribution in [3.8, 4) is 0 Å². The molecular formula is C21H27FN2O3. The third kappa shape index (κ3) is 3.09. The van der Waals surface area contributed by atoms with Gasteiger partial charge in [-0.15, -0.1) is 0 Å². The van der Waals surface area contributed by atoms with Crippen molar-refractivity contribution in [1.82, 2.24) is 10.2 Å². The van der Waals surface area contributed by atoms with Gasteiger partial charge in [-0.3, -0.25) is 4.79 Å². The first kappa shape index (κ1) is 18.3. The Labute approximate surface area is 159 Å². The second kappa shape index (κ2) is 6.21. The van der Waals surface area contributed by atoms with Crippen LogP contribution in [0.5, 0.6) is 0 Å². The van der Waals surface area contributed by atoms with Gasteiger partial charge >= 0.3 is 6.09 Å². The van der Waals surface area contributed by atoms with Crippen LogP contribution in [0.3, 0.4) is 0 Å². The van der Waals surface area contributed by atoms with Crippen molar-refractivity contribution in [3.05, 3.63) is 35.1 Å². The van der Waals surface area contributed by atoms with Gasteiger partial charge in [0.2, 0.25) is 5.91 Å². The normalized spacial score (nSPS) is 34.3. The number of carbonyl (C=O) groups is 2. The van der Waals surface area contributed by atoms with E-state index in [0.717, 1.165) is 31.5 Å². The van der Waals surface area contributed by atoms with Crippen molar-refractivity contribution < 1.29 is 18.7 Å². The van der Waals surface area contributed by atoms with Gasteiger partial charge in [-0.1, -0.05) is 12.1 Å². The summed E-state index contributed by atoms with van der Waals surface area (Å²) in [5.41, 5.74) is 1.47. The molecule has 1 heterocycles. The molecule has 2 saturated carbocycles. The van der Waals surface area contributed by atoms with Crippen LogP contribution in [-0.2, 0) is 14.9 Å². The third-order valence-electron chi connectivity index (χ3n) is 6.89. The van der Waals surface area contributed by atoms with E-state index in [2.05, 4.69) is 10.1 Å². The molecule has 0 aromatic heterocycles. The van der Waals surface area contributed by atoms with Crippen LogP contribution in [0.25, 0.3) is 0 Å². The maximum absolute atomic E-state index is 14.0. The van der Waals surface area contributed by atoms with Gasteiger partial charge in [0.25, 0.3) is 0 Å². The summed E-state index contributed by atoms with van der Waals surface area (Å²) in [6, 6.07) is 5.59. The molecule has 2 aliphatic carbocycles. The van der Waals surface area contributed by atoms with E-state index < -0.39 is 6.09 Å². The molecule has 3 fully saturated rings. The van der Waals surface area contributed by atoms with E-state index in [-0.39, 0.29) is 28.6 Å². The number of amides is 2. The zero-order valence-electron chi connectivity index (χ0n) is 16.2. The van der Waals surface area contributed by atoms with Gasteiger partial charge in [0.05, 0.1) is 7.11 Å². The average Bonchev–Trinajstić information content (AvgIpc) is 3.36. The number of halogens is 1. The van der Waals surface area contributed by atoms with E-state index in [4.69, 9.17) is 0 Å². The highest BCUT2D eigenvalue weighted by molar-refractivity contribution is 5.81. The molecule has 1 N–H and O–H groups in total. The van der Waals surface area contributed by atoms with Gasteiger partial charge in [-0.25, -0.2) is 9.18 Å². The van der Waals surface area contributed by atoms with E-state index in [0.29, 0.717) is 24.3 Å². The Morgan fingerprint density at radius 1 is 1.30 bits per heavy atom. The fourth-order valence-corrected chi connectivity index (χ4v) is 5.08. The Morgan fingerprint density at radius 3 is 2.67 bits per heavy atom. The van der Waals surface area contributed by atoms with Crippen LogP contribution in [0.1, 0.15) is 43.7 Å². The number of alkyl carbamates (subject to hydrolysis) is 1. The lowest BCUT2D eigenvalue weighted by molar-refractivity contribution is -0.142.